The van der Waals surface area contributed by atoms with Crippen molar-refractivity contribution in [3.8, 4) is 0 Å². The minimum atomic E-state index is -0.313. The number of benzene rings is 1. The minimum Gasteiger partial charge on any atom is -0.356 e. The number of imide groups is 1. The summed E-state index contributed by atoms with van der Waals surface area (Å²) in [4.78, 5) is 36.9. The summed E-state index contributed by atoms with van der Waals surface area (Å²) in [7, 11) is 0. The van der Waals surface area contributed by atoms with Gasteiger partial charge in [0.1, 0.15) is 0 Å². The van der Waals surface area contributed by atoms with Crippen molar-refractivity contribution in [1.82, 2.24) is 10.2 Å². The molecule has 1 aromatic carbocycles. The number of rotatable bonds is 6. The minimum absolute atomic E-state index is 0.129. The van der Waals surface area contributed by atoms with E-state index in [-0.39, 0.29) is 30.7 Å². The molecule has 2 rings (SSSR count). The smallest absolute Gasteiger partial charge is 0.261 e. The van der Waals surface area contributed by atoms with Crippen molar-refractivity contribution in [1.29, 1.82) is 0 Å². The first-order valence-electron chi connectivity index (χ1n) is 6.87. The maximum absolute atomic E-state index is 12.1. The van der Waals surface area contributed by atoms with Gasteiger partial charge in [-0.3, -0.25) is 19.3 Å². The van der Waals surface area contributed by atoms with Gasteiger partial charge in [0.2, 0.25) is 5.91 Å². The van der Waals surface area contributed by atoms with Crippen LogP contribution in [0.2, 0.25) is 0 Å². The van der Waals surface area contributed by atoms with E-state index in [1.807, 2.05) is 6.92 Å². The van der Waals surface area contributed by atoms with E-state index >= 15 is 0 Å². The number of hydrogen-bond acceptors (Lipinski definition) is 3. The van der Waals surface area contributed by atoms with Gasteiger partial charge in [-0.15, -0.1) is 0 Å². The Kier molecular flexibility index (Phi) is 4.50. The SMILES string of the molecule is CCCCNC(=O)CCN1C(=O)c2ccccc2C1=O. The van der Waals surface area contributed by atoms with Gasteiger partial charge in [0.15, 0.2) is 0 Å². The number of nitrogens with one attached hydrogen (secondary N) is 1. The molecule has 1 aliphatic rings. The summed E-state index contributed by atoms with van der Waals surface area (Å²) in [5, 5.41) is 2.77. The van der Waals surface area contributed by atoms with Gasteiger partial charge < -0.3 is 5.32 Å². The molecule has 0 saturated carbocycles. The zero-order valence-corrected chi connectivity index (χ0v) is 11.5. The Morgan fingerprint density at radius 2 is 1.75 bits per heavy atom. The monoisotopic (exact) mass is 274 g/mol. The third-order valence-electron chi connectivity index (χ3n) is 3.29. The number of hydrogen-bond donors (Lipinski definition) is 1. The van der Waals surface area contributed by atoms with Crippen molar-refractivity contribution in [2.75, 3.05) is 13.1 Å². The van der Waals surface area contributed by atoms with Crippen LogP contribution in [0.1, 0.15) is 46.9 Å². The van der Waals surface area contributed by atoms with Gasteiger partial charge in [0.25, 0.3) is 11.8 Å². The summed E-state index contributed by atoms with van der Waals surface area (Å²) >= 11 is 0. The molecule has 0 saturated heterocycles. The number of unbranched alkanes of at least 4 members (excludes halogenated alkanes) is 1. The molecular weight excluding hydrogens is 256 g/mol. The molecule has 0 atom stereocenters. The molecule has 0 spiro atoms. The average Bonchev–Trinajstić information content (AvgIpc) is 2.70. The predicted molar refractivity (Wildman–Crippen MR) is 74.3 cm³/mol. The average molecular weight is 274 g/mol. The lowest BCUT2D eigenvalue weighted by Crippen LogP contribution is -2.34. The number of nitrogens with zero attached hydrogens (tertiary/aromatic N) is 1. The van der Waals surface area contributed by atoms with E-state index in [9.17, 15) is 14.4 Å². The van der Waals surface area contributed by atoms with E-state index in [1.165, 1.54) is 0 Å². The van der Waals surface area contributed by atoms with Crippen LogP contribution in [0.3, 0.4) is 0 Å². The molecule has 106 valence electrons. The maximum Gasteiger partial charge on any atom is 0.261 e. The summed E-state index contributed by atoms with van der Waals surface area (Å²) in [6.45, 7) is 2.81. The Morgan fingerprint density at radius 1 is 1.15 bits per heavy atom. The first-order valence-corrected chi connectivity index (χ1v) is 6.87. The fourth-order valence-electron chi connectivity index (χ4n) is 2.15. The molecule has 0 fully saturated rings. The topological polar surface area (TPSA) is 66.5 Å². The summed E-state index contributed by atoms with van der Waals surface area (Å²) in [5.41, 5.74) is 0.841. The van der Waals surface area contributed by atoms with Crippen molar-refractivity contribution < 1.29 is 14.4 Å². The van der Waals surface area contributed by atoms with Gasteiger partial charge in [-0.2, -0.15) is 0 Å². The maximum atomic E-state index is 12.1. The molecular formula is C15H18N2O3. The first-order chi connectivity index (χ1) is 9.65. The highest BCUT2D eigenvalue weighted by Gasteiger charge is 2.34. The van der Waals surface area contributed by atoms with E-state index in [1.54, 1.807) is 24.3 Å². The second-order valence-corrected chi connectivity index (χ2v) is 4.76. The normalized spacial score (nSPS) is 13.6. The van der Waals surface area contributed by atoms with Crippen LogP contribution in [0.4, 0.5) is 0 Å². The van der Waals surface area contributed by atoms with Gasteiger partial charge >= 0.3 is 0 Å². The predicted octanol–water partition coefficient (Wildman–Crippen LogP) is 1.59. The number of carbonyl (C=O) groups excluding carboxylic acids is 3. The van der Waals surface area contributed by atoms with E-state index in [0.717, 1.165) is 17.7 Å². The summed E-state index contributed by atoms with van der Waals surface area (Å²) in [5.74, 6) is -0.756. The molecule has 0 radical (unpaired) electrons. The lowest BCUT2D eigenvalue weighted by molar-refractivity contribution is -0.121. The first kappa shape index (κ1) is 14.2. The number of carbonyl (C=O) groups is 3. The largest absolute Gasteiger partial charge is 0.356 e. The molecule has 1 heterocycles. The summed E-state index contributed by atoms with van der Waals surface area (Å²) in [6.07, 6.45) is 2.09. The lowest BCUT2D eigenvalue weighted by Gasteiger charge is -2.13. The zero-order valence-electron chi connectivity index (χ0n) is 11.5. The quantitative estimate of drug-likeness (QED) is 0.632. The fourth-order valence-corrected chi connectivity index (χ4v) is 2.15. The second-order valence-electron chi connectivity index (χ2n) is 4.76. The van der Waals surface area contributed by atoms with Crippen LogP contribution in [0.15, 0.2) is 24.3 Å². The lowest BCUT2D eigenvalue weighted by atomic mass is 10.1. The van der Waals surface area contributed by atoms with Crippen LogP contribution in [0.5, 0.6) is 0 Å². The van der Waals surface area contributed by atoms with Gasteiger partial charge in [0.05, 0.1) is 11.1 Å². The van der Waals surface area contributed by atoms with Gasteiger partial charge in [-0.25, -0.2) is 0 Å². The van der Waals surface area contributed by atoms with Crippen LogP contribution in [0.25, 0.3) is 0 Å². The second kappa shape index (κ2) is 6.32. The molecule has 3 amide bonds. The molecule has 1 N–H and O–H groups in total. The molecule has 1 aliphatic heterocycles. The molecule has 0 aliphatic carbocycles. The molecule has 0 aromatic heterocycles. The van der Waals surface area contributed by atoms with Gasteiger partial charge in [0, 0.05) is 19.5 Å². The van der Waals surface area contributed by atoms with E-state index in [4.69, 9.17) is 0 Å². The Bertz CT molecular complexity index is 505. The molecule has 0 bridgehead atoms. The Balaban J connectivity index is 1.91. The Labute approximate surface area is 118 Å². The van der Waals surface area contributed by atoms with Crippen LogP contribution in [-0.2, 0) is 4.79 Å². The molecule has 20 heavy (non-hydrogen) atoms. The van der Waals surface area contributed by atoms with Crippen LogP contribution in [-0.4, -0.2) is 35.7 Å². The summed E-state index contributed by atoms with van der Waals surface area (Å²) < 4.78 is 0. The molecule has 5 nitrogen and oxygen atoms in total. The Hall–Kier alpha value is -2.17. The zero-order chi connectivity index (χ0) is 14.5. The van der Waals surface area contributed by atoms with Crippen LogP contribution in [0, 0.1) is 0 Å². The number of fused-ring (bicyclic) bond motifs is 1. The van der Waals surface area contributed by atoms with Crippen LogP contribution >= 0.6 is 0 Å². The van der Waals surface area contributed by atoms with E-state index in [0.29, 0.717) is 17.7 Å². The van der Waals surface area contributed by atoms with Crippen molar-refractivity contribution in [3.63, 3.8) is 0 Å². The van der Waals surface area contributed by atoms with E-state index < -0.39 is 0 Å². The Morgan fingerprint density at radius 3 is 2.30 bits per heavy atom. The fraction of sp³-hybridized carbons (Fsp3) is 0.400. The highest BCUT2D eigenvalue weighted by molar-refractivity contribution is 6.21. The third-order valence-corrected chi connectivity index (χ3v) is 3.29. The van der Waals surface area contributed by atoms with Crippen molar-refractivity contribution in [2.45, 2.75) is 26.2 Å². The standard InChI is InChI=1S/C15H18N2O3/c1-2-3-9-16-13(18)8-10-17-14(19)11-6-4-5-7-12(11)15(17)20/h4-7H,2-3,8-10H2,1H3,(H,16,18). The highest BCUT2D eigenvalue weighted by Crippen LogP contribution is 2.22. The molecule has 1 aromatic rings. The third kappa shape index (κ3) is 2.87. The van der Waals surface area contributed by atoms with Crippen molar-refractivity contribution >= 4 is 17.7 Å². The van der Waals surface area contributed by atoms with E-state index in [2.05, 4.69) is 5.32 Å². The molecule has 5 heteroatoms. The number of amides is 3. The summed E-state index contributed by atoms with van der Waals surface area (Å²) in [6, 6.07) is 6.73. The highest BCUT2D eigenvalue weighted by atomic mass is 16.2. The molecule has 0 unspecified atom stereocenters. The van der Waals surface area contributed by atoms with Crippen molar-refractivity contribution in [3.05, 3.63) is 35.4 Å². The van der Waals surface area contributed by atoms with Crippen molar-refractivity contribution in [2.24, 2.45) is 0 Å². The van der Waals surface area contributed by atoms with Gasteiger partial charge in [-0.1, -0.05) is 25.5 Å². The van der Waals surface area contributed by atoms with Crippen LogP contribution < -0.4 is 5.32 Å². The van der Waals surface area contributed by atoms with Gasteiger partial charge in [-0.05, 0) is 18.6 Å².